The topological polar surface area (TPSA) is 0 Å². The van der Waals surface area contributed by atoms with Crippen LogP contribution in [0.1, 0.15) is 27.8 Å². The lowest BCUT2D eigenvalue weighted by Gasteiger charge is -2.09. The minimum Gasteiger partial charge on any atom is -0.0622 e. The van der Waals surface area contributed by atoms with Crippen LogP contribution in [0, 0.1) is 34.6 Å². The Morgan fingerprint density at radius 1 is 0.165 bits per heavy atom. The van der Waals surface area contributed by atoms with Crippen LogP contribution in [-0.2, 0) is 0 Å². The second-order valence-corrected chi connectivity index (χ2v) is 20.4. The second-order valence-electron chi connectivity index (χ2n) is 20.4. The molecule has 0 saturated carbocycles. The fourth-order valence-electron chi connectivity index (χ4n) is 10.2. The molecule has 14 rings (SSSR count). The van der Waals surface area contributed by atoms with Crippen molar-refractivity contribution in [3.05, 3.63) is 337 Å². The first kappa shape index (κ1) is 52.8. The van der Waals surface area contributed by atoms with E-state index in [4.69, 9.17) is 0 Å². The predicted molar refractivity (Wildman–Crippen MR) is 345 cm³/mol. The normalized spacial score (nSPS) is 10.6. The zero-order valence-corrected chi connectivity index (χ0v) is 45.9. The summed E-state index contributed by atoms with van der Waals surface area (Å²) in [6, 6.07) is 110. The monoisotopic (exact) mass is 1010 g/mol. The van der Waals surface area contributed by atoms with E-state index < -0.39 is 0 Å². The summed E-state index contributed by atoms with van der Waals surface area (Å²) in [4.78, 5) is 0. The van der Waals surface area contributed by atoms with Gasteiger partial charge >= 0.3 is 0 Å². The Hall–Kier alpha value is -9.62. The molecule has 0 aliphatic heterocycles. The lowest BCUT2D eigenvalue weighted by Crippen LogP contribution is -1.83. The van der Waals surface area contributed by atoms with Gasteiger partial charge in [0.25, 0.3) is 0 Å². The zero-order chi connectivity index (χ0) is 54.3. The van der Waals surface area contributed by atoms with Gasteiger partial charge < -0.3 is 0 Å². The molecule has 14 aromatic rings. The standard InChI is InChI=1S/4C17H14.C11H10/c1-13-5-4-8-15(11-13)17-10-9-14-6-2-3-7-16(14)12-17;1-13-9-11-15(12-10-13)17-8-4-6-14-5-2-3-7-16(14)17;1-13-11-12-16(14-7-3-2-4-8-14)17-10-6-5-9-15(13)17;1-13-7-8-17-12-16(10-9-15(17)11-13)14-5-3-2-4-6-14;1-9-6-7-10-4-2-3-5-11(10)8-9/h4*2-12H,1H3;2-8H,1H3. The maximum Gasteiger partial charge on any atom is -0.0103 e. The number of benzene rings is 14. The average Bonchev–Trinajstić information content (AvgIpc) is 3.51. The van der Waals surface area contributed by atoms with Gasteiger partial charge in [-0.1, -0.05) is 320 Å². The Kier molecular flexibility index (Phi) is 17.0. The number of fused-ring (bicyclic) bond motifs is 5. The van der Waals surface area contributed by atoms with E-state index in [1.165, 1.54) is 126 Å². The third kappa shape index (κ3) is 13.5. The van der Waals surface area contributed by atoms with Crippen LogP contribution in [0.4, 0.5) is 0 Å². The van der Waals surface area contributed by atoms with Crippen molar-refractivity contribution in [2.75, 3.05) is 0 Å². The van der Waals surface area contributed by atoms with Crippen LogP contribution in [0.3, 0.4) is 0 Å². The van der Waals surface area contributed by atoms with Gasteiger partial charge in [0, 0.05) is 0 Å². The zero-order valence-electron chi connectivity index (χ0n) is 45.9. The Morgan fingerprint density at radius 3 is 1.18 bits per heavy atom. The van der Waals surface area contributed by atoms with Crippen LogP contribution in [0.2, 0.25) is 0 Å². The molecule has 0 atom stereocenters. The Labute approximate surface area is 467 Å². The summed E-state index contributed by atoms with van der Waals surface area (Å²) in [5.41, 5.74) is 16.9. The van der Waals surface area contributed by atoms with E-state index >= 15 is 0 Å². The number of aryl methyl sites for hydroxylation is 5. The molecule has 0 saturated heterocycles. The molecule has 0 spiro atoms. The molecule has 0 unspecified atom stereocenters. The van der Waals surface area contributed by atoms with Gasteiger partial charge in [0.2, 0.25) is 0 Å². The quantitative estimate of drug-likeness (QED) is 0.165. The second kappa shape index (κ2) is 25.5. The Morgan fingerprint density at radius 2 is 0.532 bits per heavy atom. The lowest BCUT2D eigenvalue weighted by atomic mass is 9.96. The number of hydrogen-bond donors (Lipinski definition) is 0. The van der Waals surface area contributed by atoms with Crippen LogP contribution in [-0.4, -0.2) is 0 Å². The van der Waals surface area contributed by atoms with Crippen molar-refractivity contribution in [2.24, 2.45) is 0 Å². The molecule has 0 heterocycles. The molecule has 0 amide bonds. The average molecular weight is 1020 g/mol. The van der Waals surface area contributed by atoms with Crippen molar-refractivity contribution in [1.29, 1.82) is 0 Å². The van der Waals surface area contributed by atoms with Crippen LogP contribution < -0.4 is 0 Å². The summed E-state index contributed by atoms with van der Waals surface area (Å²) in [5.74, 6) is 0. The first-order chi connectivity index (χ1) is 38.7. The van der Waals surface area contributed by atoms with E-state index in [-0.39, 0.29) is 0 Å². The van der Waals surface area contributed by atoms with E-state index in [0.717, 1.165) is 0 Å². The van der Waals surface area contributed by atoms with Gasteiger partial charge in [0.1, 0.15) is 0 Å². The highest BCUT2D eigenvalue weighted by Crippen LogP contribution is 2.32. The van der Waals surface area contributed by atoms with Gasteiger partial charge in [-0.15, -0.1) is 0 Å². The summed E-state index contributed by atoms with van der Waals surface area (Å²) < 4.78 is 0. The molecule has 0 aliphatic carbocycles. The first-order valence-electron chi connectivity index (χ1n) is 27.4. The van der Waals surface area contributed by atoms with Gasteiger partial charge in [0.05, 0.1) is 0 Å². The van der Waals surface area contributed by atoms with Gasteiger partial charge in [-0.2, -0.15) is 0 Å². The Balaban J connectivity index is 0.000000112. The molecule has 0 fully saturated rings. The Bertz CT molecular complexity index is 4280. The highest BCUT2D eigenvalue weighted by atomic mass is 14.1. The molecular formula is C79H66. The molecule has 0 N–H and O–H groups in total. The van der Waals surface area contributed by atoms with Crippen LogP contribution >= 0.6 is 0 Å². The molecule has 0 aromatic heterocycles. The highest BCUT2D eigenvalue weighted by Gasteiger charge is 2.06. The largest absolute Gasteiger partial charge is 0.0622 e. The summed E-state index contributed by atoms with van der Waals surface area (Å²) >= 11 is 0. The first-order valence-corrected chi connectivity index (χ1v) is 27.4. The molecule has 14 aromatic carbocycles. The summed E-state index contributed by atoms with van der Waals surface area (Å²) in [5, 5.41) is 13.1. The fourth-order valence-corrected chi connectivity index (χ4v) is 10.2. The van der Waals surface area contributed by atoms with Crippen LogP contribution in [0.25, 0.3) is 98.4 Å². The van der Waals surface area contributed by atoms with E-state index in [0.29, 0.717) is 0 Å². The SMILES string of the molecule is Cc1ccc(-c2cccc3ccccc23)cc1.Cc1ccc(-c2ccccc2)c2ccccc12.Cc1ccc2cc(-c3ccccc3)ccc2c1.Cc1ccc2ccccc2c1.Cc1cccc(-c2ccc3ccccc3c2)c1. The van der Waals surface area contributed by atoms with Crippen molar-refractivity contribution < 1.29 is 0 Å². The molecular weight excluding hydrogens is 949 g/mol. The maximum atomic E-state index is 2.25. The van der Waals surface area contributed by atoms with Gasteiger partial charge in [-0.25, -0.2) is 0 Å². The molecule has 0 aliphatic rings. The van der Waals surface area contributed by atoms with Crippen molar-refractivity contribution in [1.82, 2.24) is 0 Å². The molecule has 0 radical (unpaired) electrons. The van der Waals surface area contributed by atoms with Crippen molar-refractivity contribution >= 4 is 53.9 Å². The predicted octanol–water partition coefficient (Wildman–Crippen LogP) is 22.4. The molecule has 0 heteroatoms. The van der Waals surface area contributed by atoms with Crippen molar-refractivity contribution in [2.45, 2.75) is 34.6 Å². The van der Waals surface area contributed by atoms with Crippen molar-refractivity contribution in [3.8, 4) is 44.5 Å². The molecule has 0 bridgehead atoms. The molecule has 382 valence electrons. The molecule has 79 heavy (non-hydrogen) atoms. The minimum atomic E-state index is 1.27. The smallest absolute Gasteiger partial charge is 0.0103 e. The molecule has 0 nitrogen and oxygen atoms in total. The summed E-state index contributed by atoms with van der Waals surface area (Å²) in [7, 11) is 0. The van der Waals surface area contributed by atoms with Crippen LogP contribution in [0.15, 0.2) is 309 Å². The van der Waals surface area contributed by atoms with Crippen LogP contribution in [0.5, 0.6) is 0 Å². The summed E-state index contributed by atoms with van der Waals surface area (Å²) in [6.07, 6.45) is 0. The van der Waals surface area contributed by atoms with E-state index in [1.807, 2.05) is 6.07 Å². The number of rotatable bonds is 4. The fraction of sp³-hybridized carbons (Fsp3) is 0.0633. The van der Waals surface area contributed by atoms with E-state index in [9.17, 15) is 0 Å². The van der Waals surface area contributed by atoms with E-state index in [1.54, 1.807) is 0 Å². The van der Waals surface area contributed by atoms with Gasteiger partial charge in [0.15, 0.2) is 0 Å². The highest BCUT2D eigenvalue weighted by molar-refractivity contribution is 5.99. The summed E-state index contributed by atoms with van der Waals surface area (Å²) in [6.45, 7) is 10.7. The minimum absolute atomic E-state index is 1.27. The van der Waals surface area contributed by atoms with Crippen molar-refractivity contribution in [3.63, 3.8) is 0 Å². The lowest BCUT2D eigenvalue weighted by molar-refractivity contribution is 1.47. The number of hydrogen-bond acceptors (Lipinski definition) is 0. The third-order valence-electron chi connectivity index (χ3n) is 14.5. The van der Waals surface area contributed by atoms with Gasteiger partial charge in [-0.05, 0) is 151 Å². The third-order valence-corrected chi connectivity index (χ3v) is 14.5. The van der Waals surface area contributed by atoms with Gasteiger partial charge in [-0.3, -0.25) is 0 Å². The maximum absolute atomic E-state index is 2.25. The van der Waals surface area contributed by atoms with E-state index in [2.05, 4.69) is 338 Å².